The fraction of sp³-hybridized carbons (Fsp3) is 0.421. The molecule has 1 N–H and O–H groups in total. The fourth-order valence-corrected chi connectivity index (χ4v) is 3.72. The van der Waals surface area contributed by atoms with Crippen LogP contribution in [0.25, 0.3) is 0 Å². The van der Waals surface area contributed by atoms with Crippen molar-refractivity contribution in [3.8, 4) is 0 Å². The van der Waals surface area contributed by atoms with Crippen LogP contribution in [0, 0.1) is 12.8 Å². The van der Waals surface area contributed by atoms with Crippen LogP contribution < -0.4 is 5.32 Å². The molecule has 1 aromatic carbocycles. The summed E-state index contributed by atoms with van der Waals surface area (Å²) in [6.45, 7) is 3.87. The Bertz CT molecular complexity index is 722. The molecule has 3 rings (SSSR count). The molecule has 2 aromatic rings. The fourth-order valence-electron chi connectivity index (χ4n) is 3.12. The molecule has 1 aliphatic heterocycles. The molecule has 0 radical (unpaired) electrons. The zero-order valence-electron chi connectivity index (χ0n) is 14.4. The van der Waals surface area contributed by atoms with Crippen molar-refractivity contribution in [3.63, 3.8) is 0 Å². The number of aryl methyl sites for hydroxylation is 1. The Morgan fingerprint density at radius 3 is 2.80 bits per heavy atom. The number of nitrogens with zero attached hydrogens (tertiary/aromatic N) is 2. The summed E-state index contributed by atoms with van der Waals surface area (Å²) in [7, 11) is 0. The second kappa shape index (κ2) is 8.25. The number of aromatic nitrogens is 1. The summed E-state index contributed by atoms with van der Waals surface area (Å²) in [5.74, 6) is 0.154. The van der Waals surface area contributed by atoms with Crippen molar-refractivity contribution in [1.29, 1.82) is 0 Å². The Hall–Kier alpha value is -2.21. The van der Waals surface area contributed by atoms with E-state index >= 15 is 0 Å². The minimum atomic E-state index is -0.00278. The average molecular weight is 357 g/mol. The summed E-state index contributed by atoms with van der Waals surface area (Å²) >= 11 is 1.57. The predicted octanol–water partition coefficient (Wildman–Crippen LogP) is 2.66. The van der Waals surface area contributed by atoms with Crippen molar-refractivity contribution in [2.24, 2.45) is 5.92 Å². The SMILES string of the molecule is Cc1cccc(C(=O)N2CCC(C(=O)NCCc3cscn3)CC2)c1. The molecule has 132 valence electrons. The second-order valence-corrected chi connectivity index (χ2v) is 7.18. The van der Waals surface area contributed by atoms with Crippen LogP contribution in [0.3, 0.4) is 0 Å². The zero-order valence-corrected chi connectivity index (χ0v) is 15.2. The molecule has 0 atom stereocenters. The lowest BCUT2D eigenvalue weighted by Crippen LogP contribution is -2.43. The van der Waals surface area contributed by atoms with Crippen molar-refractivity contribution in [2.45, 2.75) is 26.2 Å². The van der Waals surface area contributed by atoms with E-state index in [1.165, 1.54) is 0 Å². The number of likely N-dealkylation sites (tertiary alicyclic amines) is 1. The van der Waals surface area contributed by atoms with E-state index in [1.54, 1.807) is 16.8 Å². The van der Waals surface area contributed by atoms with Gasteiger partial charge in [-0.05, 0) is 31.9 Å². The first kappa shape index (κ1) is 17.6. The highest BCUT2D eigenvalue weighted by molar-refractivity contribution is 7.07. The van der Waals surface area contributed by atoms with Crippen LogP contribution in [0.4, 0.5) is 0 Å². The van der Waals surface area contributed by atoms with E-state index in [2.05, 4.69) is 10.3 Å². The quantitative estimate of drug-likeness (QED) is 0.895. The minimum absolute atomic E-state index is 0.00278. The van der Waals surface area contributed by atoms with Crippen molar-refractivity contribution < 1.29 is 9.59 Å². The van der Waals surface area contributed by atoms with Gasteiger partial charge >= 0.3 is 0 Å². The van der Waals surface area contributed by atoms with Gasteiger partial charge in [-0.2, -0.15) is 0 Å². The van der Waals surface area contributed by atoms with E-state index in [0.29, 0.717) is 19.6 Å². The molecule has 0 unspecified atom stereocenters. The highest BCUT2D eigenvalue weighted by Gasteiger charge is 2.27. The molecule has 1 aromatic heterocycles. The summed E-state index contributed by atoms with van der Waals surface area (Å²) in [5.41, 5.74) is 4.63. The Labute approximate surface area is 152 Å². The van der Waals surface area contributed by atoms with E-state index in [4.69, 9.17) is 0 Å². The van der Waals surface area contributed by atoms with Gasteiger partial charge in [0.15, 0.2) is 0 Å². The van der Waals surface area contributed by atoms with Crippen LogP contribution in [-0.4, -0.2) is 41.3 Å². The smallest absolute Gasteiger partial charge is 0.253 e. The maximum absolute atomic E-state index is 12.6. The van der Waals surface area contributed by atoms with Gasteiger partial charge in [-0.25, -0.2) is 4.98 Å². The molecule has 25 heavy (non-hydrogen) atoms. The lowest BCUT2D eigenvalue weighted by molar-refractivity contribution is -0.126. The molecule has 0 aliphatic carbocycles. The van der Waals surface area contributed by atoms with Gasteiger partial charge in [0.05, 0.1) is 11.2 Å². The first-order valence-corrected chi connectivity index (χ1v) is 9.58. The number of benzene rings is 1. The number of nitrogens with one attached hydrogen (secondary N) is 1. The third-order valence-electron chi connectivity index (χ3n) is 4.58. The van der Waals surface area contributed by atoms with Crippen molar-refractivity contribution in [1.82, 2.24) is 15.2 Å². The molecule has 0 saturated carbocycles. The van der Waals surface area contributed by atoms with Crippen LogP contribution in [0.2, 0.25) is 0 Å². The van der Waals surface area contributed by atoms with Gasteiger partial charge in [-0.15, -0.1) is 11.3 Å². The highest BCUT2D eigenvalue weighted by Crippen LogP contribution is 2.19. The van der Waals surface area contributed by atoms with E-state index in [0.717, 1.165) is 36.1 Å². The molecule has 1 saturated heterocycles. The summed E-state index contributed by atoms with van der Waals surface area (Å²) in [5, 5.41) is 5.00. The number of amides is 2. The molecule has 2 amide bonds. The zero-order chi connectivity index (χ0) is 17.6. The van der Waals surface area contributed by atoms with Gasteiger partial charge in [-0.1, -0.05) is 17.7 Å². The molecule has 1 fully saturated rings. The van der Waals surface area contributed by atoms with Crippen molar-refractivity contribution >= 4 is 23.2 Å². The van der Waals surface area contributed by atoms with E-state index < -0.39 is 0 Å². The van der Waals surface area contributed by atoms with Gasteiger partial charge < -0.3 is 10.2 Å². The lowest BCUT2D eigenvalue weighted by atomic mass is 9.95. The third kappa shape index (κ3) is 4.66. The third-order valence-corrected chi connectivity index (χ3v) is 5.22. The largest absolute Gasteiger partial charge is 0.355 e. The Morgan fingerprint density at radius 2 is 2.12 bits per heavy atom. The topological polar surface area (TPSA) is 62.3 Å². The highest BCUT2D eigenvalue weighted by atomic mass is 32.1. The predicted molar refractivity (Wildman–Crippen MR) is 98.6 cm³/mol. The van der Waals surface area contributed by atoms with Gasteiger partial charge in [0, 0.05) is 42.9 Å². The van der Waals surface area contributed by atoms with Gasteiger partial charge in [0.2, 0.25) is 5.91 Å². The van der Waals surface area contributed by atoms with E-state index in [-0.39, 0.29) is 17.7 Å². The molecule has 0 bridgehead atoms. The van der Waals surface area contributed by atoms with Gasteiger partial charge in [0.25, 0.3) is 5.91 Å². The molecular weight excluding hydrogens is 334 g/mol. The molecule has 0 spiro atoms. The Morgan fingerprint density at radius 1 is 1.32 bits per heavy atom. The molecule has 5 nitrogen and oxygen atoms in total. The van der Waals surface area contributed by atoms with E-state index in [9.17, 15) is 9.59 Å². The van der Waals surface area contributed by atoms with Crippen LogP contribution in [0.5, 0.6) is 0 Å². The summed E-state index contributed by atoms with van der Waals surface area (Å²) in [4.78, 5) is 30.9. The van der Waals surface area contributed by atoms with Crippen LogP contribution >= 0.6 is 11.3 Å². The number of thiazole rings is 1. The molecular formula is C19H23N3O2S. The standard InChI is InChI=1S/C19H23N3O2S/c1-14-3-2-4-16(11-14)19(24)22-9-6-15(7-10-22)18(23)20-8-5-17-12-25-13-21-17/h2-4,11-13,15H,5-10H2,1H3,(H,20,23). The number of hydrogen-bond acceptors (Lipinski definition) is 4. The van der Waals surface area contributed by atoms with Crippen LogP contribution in [0.1, 0.15) is 34.5 Å². The Balaban J connectivity index is 1.44. The monoisotopic (exact) mass is 357 g/mol. The summed E-state index contributed by atoms with van der Waals surface area (Å²) in [6, 6.07) is 7.66. The van der Waals surface area contributed by atoms with Gasteiger partial charge in [-0.3, -0.25) is 9.59 Å². The normalized spacial score (nSPS) is 15.2. The molecule has 1 aliphatic rings. The van der Waals surface area contributed by atoms with Gasteiger partial charge in [0.1, 0.15) is 0 Å². The summed E-state index contributed by atoms with van der Waals surface area (Å²) < 4.78 is 0. The number of carbonyl (C=O) groups excluding carboxylic acids is 2. The molecule has 2 heterocycles. The van der Waals surface area contributed by atoms with Crippen molar-refractivity contribution in [3.05, 3.63) is 52.0 Å². The maximum atomic E-state index is 12.6. The second-order valence-electron chi connectivity index (χ2n) is 6.46. The summed E-state index contributed by atoms with van der Waals surface area (Å²) in [6.07, 6.45) is 2.21. The average Bonchev–Trinajstić information content (AvgIpc) is 3.14. The minimum Gasteiger partial charge on any atom is -0.355 e. The number of hydrogen-bond donors (Lipinski definition) is 1. The first-order chi connectivity index (χ1) is 12.1. The lowest BCUT2D eigenvalue weighted by Gasteiger charge is -2.31. The maximum Gasteiger partial charge on any atom is 0.253 e. The number of piperidine rings is 1. The number of rotatable bonds is 5. The Kier molecular flexibility index (Phi) is 5.81. The van der Waals surface area contributed by atoms with Crippen LogP contribution in [0.15, 0.2) is 35.2 Å². The molecule has 6 heteroatoms. The number of carbonyl (C=O) groups is 2. The van der Waals surface area contributed by atoms with Crippen molar-refractivity contribution in [2.75, 3.05) is 19.6 Å². The van der Waals surface area contributed by atoms with Crippen LogP contribution in [-0.2, 0) is 11.2 Å². The first-order valence-electron chi connectivity index (χ1n) is 8.64. The van der Waals surface area contributed by atoms with E-state index in [1.807, 2.05) is 41.5 Å².